The molecule has 1 aliphatic heterocycles. The van der Waals surface area contributed by atoms with Crippen LogP contribution in [0.4, 0.5) is 5.69 Å². The molecule has 104 valence electrons. The van der Waals surface area contributed by atoms with Gasteiger partial charge in [-0.15, -0.1) is 0 Å². The highest BCUT2D eigenvalue weighted by atomic mass is 16.4. The van der Waals surface area contributed by atoms with E-state index in [-0.39, 0.29) is 12.3 Å². The molecule has 1 N–H and O–H groups in total. The SMILES string of the molecule is O=C(O)CC1CN(CCn2cccn2)c2ccccc21. The Bertz CT molecular complexity index is 595. The van der Waals surface area contributed by atoms with E-state index in [1.54, 1.807) is 6.20 Å². The normalized spacial score (nSPS) is 17.2. The summed E-state index contributed by atoms with van der Waals surface area (Å²) in [5.74, 6) is -0.653. The van der Waals surface area contributed by atoms with Crippen molar-refractivity contribution in [2.45, 2.75) is 18.9 Å². The number of rotatable bonds is 5. The number of carbonyl (C=O) groups is 1. The Labute approximate surface area is 117 Å². The molecular weight excluding hydrogens is 254 g/mol. The fourth-order valence-electron chi connectivity index (χ4n) is 2.84. The Kier molecular flexibility index (Phi) is 3.41. The van der Waals surface area contributed by atoms with E-state index in [1.807, 2.05) is 35.1 Å². The molecule has 0 bridgehead atoms. The Morgan fingerprint density at radius 1 is 1.30 bits per heavy atom. The predicted octanol–water partition coefficient (Wildman–Crippen LogP) is 1.96. The minimum atomic E-state index is -0.737. The van der Waals surface area contributed by atoms with Gasteiger partial charge in [0.2, 0.25) is 0 Å². The topological polar surface area (TPSA) is 58.4 Å². The van der Waals surface area contributed by atoms with Gasteiger partial charge in [0.1, 0.15) is 0 Å². The number of aromatic nitrogens is 2. The molecule has 1 aliphatic rings. The molecule has 5 heteroatoms. The highest BCUT2D eigenvalue weighted by Gasteiger charge is 2.29. The zero-order chi connectivity index (χ0) is 13.9. The largest absolute Gasteiger partial charge is 0.481 e. The van der Waals surface area contributed by atoms with Crippen LogP contribution in [0, 0.1) is 0 Å². The van der Waals surface area contributed by atoms with Gasteiger partial charge in [0.25, 0.3) is 0 Å². The first-order chi connectivity index (χ1) is 9.74. The number of aliphatic carboxylic acids is 1. The molecule has 0 radical (unpaired) electrons. The first-order valence-electron chi connectivity index (χ1n) is 6.77. The molecule has 0 aliphatic carbocycles. The van der Waals surface area contributed by atoms with E-state index in [9.17, 15) is 4.79 Å². The van der Waals surface area contributed by atoms with Gasteiger partial charge in [0.05, 0.1) is 13.0 Å². The standard InChI is InChI=1S/C15H17N3O2/c19-15(20)10-12-11-17(8-9-18-7-3-6-16-18)14-5-2-1-4-13(12)14/h1-7,12H,8-11H2,(H,19,20). The summed E-state index contributed by atoms with van der Waals surface area (Å²) in [4.78, 5) is 13.2. The molecule has 2 heterocycles. The van der Waals surface area contributed by atoms with Crippen molar-refractivity contribution < 1.29 is 9.90 Å². The third-order valence-corrected chi connectivity index (χ3v) is 3.74. The molecule has 0 spiro atoms. The van der Waals surface area contributed by atoms with Crippen molar-refractivity contribution in [3.63, 3.8) is 0 Å². The van der Waals surface area contributed by atoms with Gasteiger partial charge in [0, 0.05) is 37.1 Å². The second-order valence-corrected chi connectivity index (χ2v) is 5.07. The minimum absolute atomic E-state index is 0.0846. The van der Waals surface area contributed by atoms with Crippen LogP contribution in [0.25, 0.3) is 0 Å². The van der Waals surface area contributed by atoms with Gasteiger partial charge in [-0.25, -0.2) is 0 Å². The van der Waals surface area contributed by atoms with Gasteiger partial charge in [-0.3, -0.25) is 9.48 Å². The van der Waals surface area contributed by atoms with Crippen LogP contribution in [0.5, 0.6) is 0 Å². The molecule has 0 fully saturated rings. The van der Waals surface area contributed by atoms with E-state index in [2.05, 4.69) is 16.1 Å². The molecule has 1 atom stereocenters. The van der Waals surface area contributed by atoms with E-state index in [4.69, 9.17) is 5.11 Å². The summed E-state index contributed by atoms with van der Waals surface area (Å²) >= 11 is 0. The van der Waals surface area contributed by atoms with Gasteiger partial charge < -0.3 is 10.0 Å². The number of carboxylic acids is 1. The van der Waals surface area contributed by atoms with E-state index < -0.39 is 5.97 Å². The predicted molar refractivity (Wildman–Crippen MR) is 75.9 cm³/mol. The molecule has 0 amide bonds. The lowest BCUT2D eigenvalue weighted by atomic mass is 9.98. The first-order valence-corrected chi connectivity index (χ1v) is 6.77. The van der Waals surface area contributed by atoms with Crippen LogP contribution in [0.15, 0.2) is 42.7 Å². The Morgan fingerprint density at radius 2 is 2.15 bits per heavy atom. The molecule has 3 rings (SSSR count). The van der Waals surface area contributed by atoms with Gasteiger partial charge in [0.15, 0.2) is 0 Å². The summed E-state index contributed by atoms with van der Waals surface area (Å²) in [6, 6.07) is 10.00. The molecule has 0 saturated carbocycles. The molecule has 20 heavy (non-hydrogen) atoms. The number of benzene rings is 1. The summed E-state index contributed by atoms with van der Waals surface area (Å²) < 4.78 is 1.90. The second kappa shape index (κ2) is 5.36. The number of fused-ring (bicyclic) bond motifs is 1. The van der Waals surface area contributed by atoms with Crippen LogP contribution in [0.2, 0.25) is 0 Å². The van der Waals surface area contributed by atoms with Crippen LogP contribution in [-0.4, -0.2) is 33.9 Å². The number of anilines is 1. The second-order valence-electron chi connectivity index (χ2n) is 5.07. The highest BCUT2D eigenvalue weighted by Crippen LogP contribution is 2.37. The van der Waals surface area contributed by atoms with E-state index in [0.717, 1.165) is 30.9 Å². The van der Waals surface area contributed by atoms with Crippen molar-refractivity contribution in [1.82, 2.24) is 9.78 Å². The molecular formula is C15H17N3O2. The zero-order valence-corrected chi connectivity index (χ0v) is 11.1. The van der Waals surface area contributed by atoms with Crippen LogP contribution >= 0.6 is 0 Å². The van der Waals surface area contributed by atoms with Crippen LogP contribution < -0.4 is 4.90 Å². The Balaban J connectivity index is 1.74. The number of nitrogens with zero attached hydrogens (tertiary/aromatic N) is 3. The summed E-state index contributed by atoms with van der Waals surface area (Å²) in [5.41, 5.74) is 2.31. The molecule has 1 aromatic heterocycles. The average Bonchev–Trinajstić information content (AvgIpc) is 3.05. The lowest BCUT2D eigenvalue weighted by molar-refractivity contribution is -0.137. The lowest BCUT2D eigenvalue weighted by Crippen LogP contribution is -2.27. The fraction of sp³-hybridized carbons (Fsp3) is 0.333. The molecule has 1 aromatic carbocycles. The van der Waals surface area contributed by atoms with Crippen molar-refractivity contribution in [2.24, 2.45) is 0 Å². The molecule has 1 unspecified atom stereocenters. The summed E-state index contributed by atoms with van der Waals surface area (Å²) in [5, 5.41) is 13.2. The molecule has 5 nitrogen and oxygen atoms in total. The summed E-state index contributed by atoms with van der Waals surface area (Å²) in [6.45, 7) is 2.42. The number of para-hydroxylation sites is 1. The maximum atomic E-state index is 11.0. The first kappa shape index (κ1) is 12.7. The van der Waals surface area contributed by atoms with Gasteiger partial charge in [-0.1, -0.05) is 18.2 Å². The number of carboxylic acid groups (broad SMARTS) is 1. The van der Waals surface area contributed by atoms with Crippen molar-refractivity contribution >= 4 is 11.7 Å². The van der Waals surface area contributed by atoms with Crippen molar-refractivity contribution in [1.29, 1.82) is 0 Å². The smallest absolute Gasteiger partial charge is 0.304 e. The zero-order valence-electron chi connectivity index (χ0n) is 11.1. The van der Waals surface area contributed by atoms with Gasteiger partial charge >= 0.3 is 5.97 Å². The van der Waals surface area contributed by atoms with Crippen LogP contribution in [0.3, 0.4) is 0 Å². The highest BCUT2D eigenvalue weighted by molar-refractivity contribution is 5.71. The lowest BCUT2D eigenvalue weighted by Gasteiger charge is -2.19. The Hall–Kier alpha value is -2.30. The van der Waals surface area contributed by atoms with Gasteiger partial charge in [-0.2, -0.15) is 5.10 Å². The van der Waals surface area contributed by atoms with E-state index in [1.165, 1.54) is 0 Å². The monoisotopic (exact) mass is 271 g/mol. The van der Waals surface area contributed by atoms with Crippen molar-refractivity contribution in [3.8, 4) is 0 Å². The third kappa shape index (κ3) is 2.52. The van der Waals surface area contributed by atoms with E-state index >= 15 is 0 Å². The summed E-state index contributed by atoms with van der Waals surface area (Å²) in [6.07, 6.45) is 3.90. The third-order valence-electron chi connectivity index (χ3n) is 3.74. The van der Waals surface area contributed by atoms with Crippen LogP contribution in [-0.2, 0) is 11.3 Å². The fourth-order valence-corrected chi connectivity index (χ4v) is 2.84. The van der Waals surface area contributed by atoms with Crippen LogP contribution in [0.1, 0.15) is 17.9 Å². The quantitative estimate of drug-likeness (QED) is 0.903. The van der Waals surface area contributed by atoms with Crippen molar-refractivity contribution in [3.05, 3.63) is 48.3 Å². The number of hydrogen-bond acceptors (Lipinski definition) is 3. The van der Waals surface area contributed by atoms with Gasteiger partial charge in [-0.05, 0) is 17.7 Å². The summed E-state index contributed by atoms with van der Waals surface area (Å²) in [7, 11) is 0. The molecule has 2 aromatic rings. The minimum Gasteiger partial charge on any atom is -0.481 e. The van der Waals surface area contributed by atoms with E-state index in [0.29, 0.717) is 0 Å². The average molecular weight is 271 g/mol. The molecule has 0 saturated heterocycles. The maximum absolute atomic E-state index is 11.0. The van der Waals surface area contributed by atoms with Crippen molar-refractivity contribution in [2.75, 3.05) is 18.0 Å². The Morgan fingerprint density at radius 3 is 2.90 bits per heavy atom. The number of hydrogen-bond donors (Lipinski definition) is 1. The maximum Gasteiger partial charge on any atom is 0.304 e.